The highest BCUT2D eigenvalue weighted by Crippen LogP contribution is 2.38. The number of carbonyl (C=O) groups excluding carboxylic acids is 1. The minimum absolute atomic E-state index is 0.0595. The topological polar surface area (TPSA) is 62.7 Å². The number of aliphatic hydroxyl groups is 1. The van der Waals surface area contributed by atoms with Crippen LogP contribution in [0.15, 0.2) is 18.3 Å². The third kappa shape index (κ3) is 3.87. The Balaban J connectivity index is 2.08. The van der Waals surface area contributed by atoms with Gasteiger partial charge in [-0.25, -0.2) is 13.8 Å². The molecule has 128 valence electrons. The number of hydrogen-bond donors (Lipinski definition) is 1. The molecule has 1 aliphatic rings. The molecule has 1 fully saturated rings. The first kappa shape index (κ1) is 17.4. The molecule has 1 aromatic heterocycles. The lowest BCUT2D eigenvalue weighted by atomic mass is 10.0. The van der Waals surface area contributed by atoms with E-state index in [-0.39, 0.29) is 18.0 Å². The number of carbonyl (C=O) groups is 1. The summed E-state index contributed by atoms with van der Waals surface area (Å²) in [6.07, 6.45) is -7.06. The van der Waals surface area contributed by atoms with E-state index in [4.69, 9.17) is 0 Å². The highest BCUT2D eigenvalue weighted by atomic mass is 19.4. The van der Waals surface area contributed by atoms with Gasteiger partial charge in [-0.05, 0) is 6.07 Å². The molecular weight excluding hydrogens is 327 g/mol. The van der Waals surface area contributed by atoms with Crippen LogP contribution in [-0.2, 0) is 0 Å². The zero-order valence-corrected chi connectivity index (χ0v) is 11.7. The van der Waals surface area contributed by atoms with Crippen LogP contribution in [0, 0.1) is 0 Å². The number of β-amino-alcohol motifs (C(OH)–C–C–N with tert-alkyl or cyclic N) is 1. The van der Waals surface area contributed by atoms with E-state index in [0.717, 1.165) is 17.2 Å². The first-order valence-electron chi connectivity index (χ1n) is 6.58. The average Bonchev–Trinajstić information content (AvgIpc) is 2.88. The van der Waals surface area contributed by atoms with E-state index in [2.05, 4.69) is 9.72 Å². The fourth-order valence-electron chi connectivity index (χ4n) is 2.15. The van der Waals surface area contributed by atoms with Crippen molar-refractivity contribution in [1.29, 1.82) is 0 Å². The largest absolute Gasteiger partial charge is 0.472 e. The first-order valence-corrected chi connectivity index (χ1v) is 6.58. The predicted octanol–water partition coefficient (Wildman–Crippen LogP) is 1.86. The maximum absolute atomic E-state index is 12.7. The van der Waals surface area contributed by atoms with Crippen molar-refractivity contribution in [2.24, 2.45) is 0 Å². The summed E-state index contributed by atoms with van der Waals surface area (Å²) >= 11 is 0. The summed E-state index contributed by atoms with van der Waals surface area (Å²) in [5.74, 6) is -1.00. The molecule has 0 unspecified atom stereocenters. The second kappa shape index (κ2) is 6.26. The van der Waals surface area contributed by atoms with Crippen LogP contribution in [0.3, 0.4) is 0 Å². The maximum Gasteiger partial charge on any atom is 0.419 e. The zero-order chi connectivity index (χ0) is 17.3. The number of likely N-dealkylation sites (tertiary alicyclic amines) is 1. The van der Waals surface area contributed by atoms with E-state index >= 15 is 0 Å². The third-order valence-electron chi connectivity index (χ3n) is 3.40. The Morgan fingerprint density at radius 3 is 2.74 bits per heavy atom. The van der Waals surface area contributed by atoms with Crippen molar-refractivity contribution in [2.45, 2.75) is 24.6 Å². The quantitative estimate of drug-likeness (QED) is 0.850. The molecule has 0 spiro atoms. The Morgan fingerprint density at radius 1 is 1.48 bits per heavy atom. The summed E-state index contributed by atoms with van der Waals surface area (Å²) in [5, 5.41) is 9.55. The van der Waals surface area contributed by atoms with Crippen LogP contribution < -0.4 is 4.74 Å². The molecule has 23 heavy (non-hydrogen) atoms. The number of rotatable bonds is 4. The van der Waals surface area contributed by atoms with Gasteiger partial charge in [0.2, 0.25) is 5.88 Å². The number of halogens is 5. The molecule has 1 N–H and O–H groups in total. The number of alkyl halides is 5. The van der Waals surface area contributed by atoms with Crippen LogP contribution in [0.4, 0.5) is 22.0 Å². The Labute approximate surface area is 127 Å². The maximum atomic E-state index is 12.7. The van der Waals surface area contributed by atoms with Crippen LogP contribution in [0.2, 0.25) is 0 Å². The van der Waals surface area contributed by atoms with Crippen LogP contribution in [0.5, 0.6) is 5.88 Å². The van der Waals surface area contributed by atoms with Crippen LogP contribution in [0.1, 0.15) is 16.8 Å². The van der Waals surface area contributed by atoms with Gasteiger partial charge in [0.15, 0.2) is 12.2 Å². The average molecular weight is 340 g/mol. The lowest BCUT2D eigenvalue weighted by molar-refractivity contribution is -0.253. The number of nitrogens with zero attached hydrogens (tertiary/aromatic N) is 2. The molecule has 10 heteroatoms. The van der Waals surface area contributed by atoms with Crippen molar-refractivity contribution in [3.63, 3.8) is 0 Å². The van der Waals surface area contributed by atoms with Crippen molar-refractivity contribution in [1.82, 2.24) is 9.88 Å². The second-order valence-corrected chi connectivity index (χ2v) is 5.09. The van der Waals surface area contributed by atoms with Crippen LogP contribution in [-0.4, -0.2) is 58.8 Å². The van der Waals surface area contributed by atoms with Crippen LogP contribution in [0.25, 0.3) is 0 Å². The Bertz CT molecular complexity index is 581. The standard InChI is InChI=1S/C13H13F5N2O3/c14-9(15)6-23-10-5-8(1-3-19-10)11(21)20-4-2-12(22,7-20)13(16,17)18/h1,3,5,9,22H,2,4,6-7H2/t12-/m1/s1. The van der Waals surface area contributed by atoms with Gasteiger partial charge in [0.05, 0.1) is 6.54 Å². The first-order chi connectivity index (χ1) is 10.6. The highest BCUT2D eigenvalue weighted by Gasteiger charge is 2.57. The van der Waals surface area contributed by atoms with Gasteiger partial charge in [0.1, 0.15) is 0 Å². The molecule has 0 aliphatic carbocycles. The molecule has 0 bridgehead atoms. The molecule has 2 heterocycles. The van der Waals surface area contributed by atoms with Gasteiger partial charge in [0, 0.05) is 30.8 Å². The molecule has 0 aromatic carbocycles. The molecule has 1 atom stereocenters. The lowest BCUT2D eigenvalue weighted by Crippen LogP contribution is -2.48. The molecule has 1 amide bonds. The van der Waals surface area contributed by atoms with E-state index in [1.165, 1.54) is 6.07 Å². The van der Waals surface area contributed by atoms with Gasteiger partial charge in [-0.1, -0.05) is 0 Å². The fraction of sp³-hybridized carbons (Fsp3) is 0.538. The van der Waals surface area contributed by atoms with Crippen molar-refractivity contribution < 1.29 is 36.6 Å². The summed E-state index contributed by atoms with van der Waals surface area (Å²) in [6.45, 7) is -2.07. The monoisotopic (exact) mass is 340 g/mol. The Kier molecular flexibility index (Phi) is 4.73. The van der Waals surface area contributed by atoms with E-state index in [0.29, 0.717) is 0 Å². The molecule has 0 radical (unpaired) electrons. The Morgan fingerprint density at radius 2 is 2.17 bits per heavy atom. The SMILES string of the molecule is O=C(c1ccnc(OCC(F)F)c1)N1CC[C@](O)(C(F)(F)F)C1. The molecule has 1 saturated heterocycles. The predicted molar refractivity (Wildman–Crippen MR) is 67.3 cm³/mol. The number of hydrogen-bond acceptors (Lipinski definition) is 4. The molecule has 1 aromatic rings. The van der Waals surface area contributed by atoms with E-state index < -0.39 is 43.7 Å². The van der Waals surface area contributed by atoms with Gasteiger partial charge in [0.25, 0.3) is 12.3 Å². The van der Waals surface area contributed by atoms with Gasteiger partial charge < -0.3 is 14.7 Å². The van der Waals surface area contributed by atoms with E-state index in [1.54, 1.807) is 0 Å². The van der Waals surface area contributed by atoms with Crippen LogP contribution >= 0.6 is 0 Å². The van der Waals surface area contributed by atoms with Crippen molar-refractivity contribution in [3.8, 4) is 5.88 Å². The molecular formula is C13H13F5N2O3. The van der Waals surface area contributed by atoms with Gasteiger partial charge >= 0.3 is 6.18 Å². The summed E-state index contributed by atoms with van der Waals surface area (Å²) in [6, 6.07) is 2.29. The number of ether oxygens (including phenoxy) is 1. The molecule has 0 saturated carbocycles. The summed E-state index contributed by atoms with van der Waals surface area (Å²) < 4.78 is 67.0. The molecule has 2 rings (SSSR count). The van der Waals surface area contributed by atoms with Crippen molar-refractivity contribution in [2.75, 3.05) is 19.7 Å². The lowest BCUT2D eigenvalue weighted by Gasteiger charge is -2.25. The Hall–Kier alpha value is -1.97. The van der Waals surface area contributed by atoms with Gasteiger partial charge in [-0.15, -0.1) is 0 Å². The second-order valence-electron chi connectivity index (χ2n) is 5.09. The molecule has 5 nitrogen and oxygen atoms in total. The normalized spacial score (nSPS) is 21.8. The molecule has 1 aliphatic heterocycles. The fourth-order valence-corrected chi connectivity index (χ4v) is 2.15. The number of pyridine rings is 1. The highest BCUT2D eigenvalue weighted by molar-refractivity contribution is 5.94. The summed E-state index contributed by atoms with van der Waals surface area (Å²) in [5.41, 5.74) is -3.00. The number of amides is 1. The smallest absolute Gasteiger partial charge is 0.419 e. The van der Waals surface area contributed by atoms with E-state index in [1.807, 2.05) is 0 Å². The van der Waals surface area contributed by atoms with Gasteiger partial charge in [-0.3, -0.25) is 4.79 Å². The summed E-state index contributed by atoms with van der Waals surface area (Å²) in [7, 11) is 0. The minimum atomic E-state index is -4.84. The van der Waals surface area contributed by atoms with Crippen molar-refractivity contribution >= 4 is 5.91 Å². The third-order valence-corrected chi connectivity index (χ3v) is 3.40. The number of aromatic nitrogens is 1. The van der Waals surface area contributed by atoms with E-state index in [9.17, 15) is 31.9 Å². The zero-order valence-electron chi connectivity index (χ0n) is 11.7. The minimum Gasteiger partial charge on any atom is -0.472 e. The van der Waals surface area contributed by atoms with Crippen molar-refractivity contribution in [3.05, 3.63) is 23.9 Å². The summed E-state index contributed by atoms with van der Waals surface area (Å²) in [4.78, 5) is 16.6. The van der Waals surface area contributed by atoms with Gasteiger partial charge in [-0.2, -0.15) is 13.2 Å².